The van der Waals surface area contributed by atoms with Crippen molar-refractivity contribution in [2.24, 2.45) is 0 Å². The predicted molar refractivity (Wildman–Crippen MR) is 71.1 cm³/mol. The van der Waals surface area contributed by atoms with E-state index in [4.69, 9.17) is 5.26 Å². The maximum absolute atomic E-state index is 10.8. The molecule has 12 heteroatoms. The molecule has 2 rings (SSSR count). The van der Waals surface area contributed by atoms with Gasteiger partial charge in [0, 0.05) is 24.0 Å². The summed E-state index contributed by atoms with van der Waals surface area (Å²) in [5, 5.41) is 45.8. The van der Waals surface area contributed by atoms with Gasteiger partial charge in [-0.15, -0.1) is 10.2 Å². The first-order chi connectivity index (χ1) is 10.5. The van der Waals surface area contributed by atoms with Crippen molar-refractivity contribution in [3.05, 3.63) is 50.5 Å². The number of anilines is 1. The zero-order chi connectivity index (χ0) is 16.1. The molecule has 12 nitrogen and oxygen atoms in total. The van der Waals surface area contributed by atoms with Crippen molar-refractivity contribution in [2.45, 2.75) is 0 Å². The minimum absolute atomic E-state index is 0.0229. The second-order valence-electron chi connectivity index (χ2n) is 3.77. The van der Waals surface area contributed by atoms with Gasteiger partial charge in [0.2, 0.25) is 5.82 Å². The van der Waals surface area contributed by atoms with Gasteiger partial charge in [-0.1, -0.05) is 0 Å². The second-order valence-corrected chi connectivity index (χ2v) is 3.77. The van der Waals surface area contributed by atoms with E-state index >= 15 is 0 Å². The van der Waals surface area contributed by atoms with Gasteiger partial charge < -0.3 is 5.32 Å². The Morgan fingerprint density at radius 3 is 2.59 bits per heavy atom. The number of rotatable bonds is 5. The van der Waals surface area contributed by atoms with Gasteiger partial charge in [-0.25, -0.2) is 0 Å². The van der Waals surface area contributed by atoms with Gasteiger partial charge in [0.05, 0.1) is 9.85 Å². The van der Waals surface area contributed by atoms with Crippen LogP contribution in [0.25, 0.3) is 5.57 Å². The molecule has 1 heterocycles. The van der Waals surface area contributed by atoms with Crippen LogP contribution in [-0.2, 0) is 0 Å². The highest BCUT2D eigenvalue weighted by Gasteiger charge is 2.23. The van der Waals surface area contributed by atoms with E-state index in [1.54, 1.807) is 0 Å². The molecule has 1 aromatic heterocycles. The fraction of sp³-hybridized carbons (Fsp3) is 0. The number of aromatic nitrogens is 4. The Morgan fingerprint density at radius 1 is 1.32 bits per heavy atom. The van der Waals surface area contributed by atoms with Gasteiger partial charge in [0.1, 0.15) is 11.6 Å². The molecule has 0 amide bonds. The molecule has 0 unspecified atom stereocenters. The number of nitriles is 1. The molecule has 0 saturated heterocycles. The lowest BCUT2D eigenvalue weighted by Gasteiger charge is -2.01. The molecule has 110 valence electrons. The molecule has 0 bridgehead atoms. The van der Waals surface area contributed by atoms with Gasteiger partial charge in [-0.2, -0.15) is 10.5 Å². The largest absolute Gasteiger partial charge is 0.360 e. The highest BCUT2D eigenvalue weighted by molar-refractivity contribution is 5.74. The molecule has 0 radical (unpaired) electrons. The predicted octanol–water partition coefficient (Wildman–Crippen LogP) is 0.993. The summed E-state index contributed by atoms with van der Waals surface area (Å²) in [6.07, 6.45) is 1.20. The van der Waals surface area contributed by atoms with Crippen LogP contribution in [0.15, 0.2) is 24.4 Å². The van der Waals surface area contributed by atoms with Crippen molar-refractivity contribution in [1.82, 2.24) is 20.6 Å². The number of benzene rings is 1. The van der Waals surface area contributed by atoms with Crippen LogP contribution in [0, 0.1) is 31.6 Å². The van der Waals surface area contributed by atoms with Crippen molar-refractivity contribution in [3.63, 3.8) is 0 Å². The number of hydrogen-bond acceptors (Lipinski definition) is 9. The highest BCUT2D eigenvalue weighted by Crippen LogP contribution is 2.29. The highest BCUT2D eigenvalue weighted by atomic mass is 16.6. The normalized spacial score (nSPS) is 10.8. The van der Waals surface area contributed by atoms with Crippen LogP contribution in [-0.4, -0.2) is 30.5 Å². The number of nitro benzene ring substituents is 2. The van der Waals surface area contributed by atoms with Gasteiger partial charge in [0.15, 0.2) is 0 Å². The minimum atomic E-state index is -0.864. The summed E-state index contributed by atoms with van der Waals surface area (Å²) < 4.78 is 0. The van der Waals surface area contributed by atoms with Crippen LogP contribution in [0.2, 0.25) is 0 Å². The first-order valence-corrected chi connectivity index (χ1v) is 5.56. The van der Waals surface area contributed by atoms with Crippen LogP contribution in [0.5, 0.6) is 0 Å². The first kappa shape index (κ1) is 14.5. The number of nitrogens with zero attached hydrogens (tertiary/aromatic N) is 6. The summed E-state index contributed by atoms with van der Waals surface area (Å²) in [6.45, 7) is 0. The molecule has 0 atom stereocenters. The Labute approximate surface area is 121 Å². The lowest BCUT2D eigenvalue weighted by molar-refractivity contribution is -0.422. The van der Waals surface area contributed by atoms with E-state index in [-0.39, 0.29) is 17.1 Å². The summed E-state index contributed by atoms with van der Waals surface area (Å²) in [6, 6.07) is 5.06. The standard InChI is InChI=1S/C10H6N8O4/c11-4-6(10-13-15-16-14-10)5-12-7-1-2-8(17(19)20)9(3-7)18(21)22/h1-3,5,12H,(H,13,14,15,16). The van der Waals surface area contributed by atoms with E-state index in [9.17, 15) is 20.2 Å². The molecule has 0 aliphatic heterocycles. The van der Waals surface area contributed by atoms with Crippen molar-refractivity contribution in [3.8, 4) is 6.07 Å². The summed E-state index contributed by atoms with van der Waals surface area (Å²) in [4.78, 5) is 19.8. The number of nitro groups is 2. The summed E-state index contributed by atoms with van der Waals surface area (Å²) in [5.41, 5.74) is -1.08. The number of aromatic amines is 1. The average molecular weight is 302 g/mol. The lowest BCUT2D eigenvalue weighted by atomic mass is 10.2. The number of tetrazole rings is 1. The molecule has 2 N–H and O–H groups in total. The molecule has 0 fully saturated rings. The SMILES string of the molecule is N#CC(=CNc1ccc([N+](=O)[O-])c([N+](=O)[O-])c1)c1nn[nH]n1. The van der Waals surface area contributed by atoms with Crippen LogP contribution >= 0.6 is 0 Å². The zero-order valence-electron chi connectivity index (χ0n) is 10.6. The lowest BCUT2D eigenvalue weighted by Crippen LogP contribution is -1.98. The van der Waals surface area contributed by atoms with Gasteiger partial charge >= 0.3 is 11.4 Å². The van der Waals surface area contributed by atoms with Gasteiger partial charge in [-0.3, -0.25) is 20.2 Å². The van der Waals surface area contributed by atoms with Gasteiger partial charge in [0.25, 0.3) is 0 Å². The van der Waals surface area contributed by atoms with Crippen LogP contribution < -0.4 is 5.32 Å². The molecule has 0 spiro atoms. The third-order valence-corrected chi connectivity index (χ3v) is 2.46. The number of hydrogen-bond donors (Lipinski definition) is 2. The summed E-state index contributed by atoms with van der Waals surface area (Å²) in [7, 11) is 0. The molecule has 1 aromatic carbocycles. The molecular formula is C10H6N8O4. The average Bonchev–Trinajstić information content (AvgIpc) is 3.01. The smallest absolute Gasteiger partial charge is 0.348 e. The molecule has 2 aromatic rings. The fourth-order valence-corrected chi connectivity index (χ4v) is 1.49. The maximum Gasteiger partial charge on any atom is 0.348 e. The maximum atomic E-state index is 10.8. The summed E-state index contributed by atoms with van der Waals surface area (Å²) in [5.74, 6) is 0.0337. The van der Waals surface area contributed by atoms with Crippen molar-refractivity contribution in [1.29, 1.82) is 5.26 Å². The Balaban J connectivity index is 2.31. The quantitative estimate of drug-likeness (QED) is 0.463. The first-order valence-electron chi connectivity index (χ1n) is 5.56. The van der Waals surface area contributed by atoms with E-state index in [1.807, 2.05) is 6.07 Å². The molecule has 22 heavy (non-hydrogen) atoms. The second kappa shape index (κ2) is 6.05. The Bertz CT molecular complexity index is 792. The Kier molecular flexibility index (Phi) is 3.99. The van der Waals surface area contributed by atoms with Crippen LogP contribution in [0.3, 0.4) is 0 Å². The fourth-order valence-electron chi connectivity index (χ4n) is 1.49. The van der Waals surface area contributed by atoms with E-state index in [0.29, 0.717) is 0 Å². The Hall–Kier alpha value is -3.88. The van der Waals surface area contributed by atoms with E-state index < -0.39 is 21.2 Å². The topological polar surface area (TPSA) is 177 Å². The van der Waals surface area contributed by atoms with Crippen LogP contribution in [0.1, 0.15) is 5.82 Å². The molecule has 0 aliphatic rings. The third kappa shape index (κ3) is 2.99. The Morgan fingerprint density at radius 2 is 2.05 bits per heavy atom. The molecule has 0 aliphatic carbocycles. The van der Waals surface area contributed by atoms with Gasteiger partial charge in [-0.05, 0) is 11.3 Å². The van der Waals surface area contributed by atoms with Crippen molar-refractivity contribution in [2.75, 3.05) is 5.32 Å². The number of H-pyrrole nitrogens is 1. The monoisotopic (exact) mass is 302 g/mol. The van der Waals surface area contributed by atoms with E-state index in [1.165, 1.54) is 12.3 Å². The molecule has 0 saturated carbocycles. The van der Waals surface area contributed by atoms with Crippen LogP contribution in [0.4, 0.5) is 17.1 Å². The summed E-state index contributed by atoms with van der Waals surface area (Å²) >= 11 is 0. The van der Waals surface area contributed by atoms with Crippen molar-refractivity contribution >= 4 is 22.6 Å². The van der Waals surface area contributed by atoms with E-state index in [2.05, 4.69) is 25.9 Å². The number of nitrogens with one attached hydrogen (secondary N) is 2. The number of allylic oxidation sites excluding steroid dienone is 1. The van der Waals surface area contributed by atoms with E-state index in [0.717, 1.165) is 12.1 Å². The van der Waals surface area contributed by atoms with Crippen molar-refractivity contribution < 1.29 is 9.85 Å². The minimum Gasteiger partial charge on any atom is -0.360 e. The molecular weight excluding hydrogens is 296 g/mol. The third-order valence-electron chi connectivity index (χ3n) is 2.46. The zero-order valence-corrected chi connectivity index (χ0v) is 10.6.